The Morgan fingerprint density at radius 2 is 1.79 bits per heavy atom. The van der Waals surface area contributed by atoms with Gasteiger partial charge in [-0.3, -0.25) is 4.79 Å². The highest BCUT2D eigenvalue weighted by Gasteiger charge is 2.22. The second kappa shape index (κ2) is 7.51. The molecular formula is C16H12Cl2FNO4. The molecule has 0 heterocycles. The Bertz CT molecular complexity index is 798. The standard InChI is InChI=1S/C16H12Cl2FNO4/c1-8(15(22)20-13-5-3-9(17)6-12(13)19)24-16(23)11-4-2-10(18)7-14(11)21/h2-8,21H,1H3,(H,20,22)/t8-/m1/s1. The molecule has 0 spiro atoms. The highest BCUT2D eigenvalue weighted by atomic mass is 35.5. The van der Waals surface area contributed by atoms with Gasteiger partial charge in [0.05, 0.1) is 5.69 Å². The molecule has 0 fully saturated rings. The second-order valence-electron chi connectivity index (χ2n) is 4.82. The lowest BCUT2D eigenvalue weighted by Crippen LogP contribution is -2.30. The van der Waals surface area contributed by atoms with Crippen LogP contribution in [-0.2, 0) is 9.53 Å². The maximum atomic E-state index is 13.6. The Hall–Kier alpha value is -2.31. The number of halogens is 3. The SMILES string of the molecule is C[C@@H](OC(=O)c1ccc(Cl)cc1O)C(=O)Nc1ccc(Cl)cc1F. The van der Waals surface area contributed by atoms with E-state index in [2.05, 4.69) is 5.32 Å². The molecule has 24 heavy (non-hydrogen) atoms. The highest BCUT2D eigenvalue weighted by molar-refractivity contribution is 6.31. The van der Waals surface area contributed by atoms with Crippen molar-refractivity contribution in [3.8, 4) is 5.75 Å². The van der Waals surface area contributed by atoms with Gasteiger partial charge in [-0.25, -0.2) is 9.18 Å². The summed E-state index contributed by atoms with van der Waals surface area (Å²) in [5.74, 6) is -2.74. The van der Waals surface area contributed by atoms with Gasteiger partial charge in [0.15, 0.2) is 6.10 Å². The molecule has 2 N–H and O–H groups in total. The number of nitrogens with one attached hydrogen (secondary N) is 1. The van der Waals surface area contributed by atoms with E-state index in [4.69, 9.17) is 27.9 Å². The van der Waals surface area contributed by atoms with Gasteiger partial charge in [0, 0.05) is 10.0 Å². The van der Waals surface area contributed by atoms with Crippen molar-refractivity contribution in [1.29, 1.82) is 0 Å². The number of benzene rings is 2. The summed E-state index contributed by atoms with van der Waals surface area (Å²) in [7, 11) is 0. The van der Waals surface area contributed by atoms with E-state index in [0.717, 1.165) is 6.07 Å². The molecule has 0 aliphatic heterocycles. The molecule has 0 saturated heterocycles. The van der Waals surface area contributed by atoms with Crippen molar-refractivity contribution in [3.05, 3.63) is 57.8 Å². The first-order valence-electron chi connectivity index (χ1n) is 6.73. The zero-order chi connectivity index (χ0) is 17.9. The third kappa shape index (κ3) is 4.37. The van der Waals surface area contributed by atoms with Crippen LogP contribution in [0.3, 0.4) is 0 Å². The average molecular weight is 372 g/mol. The van der Waals surface area contributed by atoms with E-state index in [1.165, 1.54) is 37.3 Å². The molecule has 8 heteroatoms. The number of carbonyl (C=O) groups excluding carboxylic acids is 2. The Balaban J connectivity index is 2.04. The first kappa shape index (κ1) is 18.0. The maximum absolute atomic E-state index is 13.6. The molecule has 0 saturated carbocycles. The highest BCUT2D eigenvalue weighted by Crippen LogP contribution is 2.23. The molecule has 0 radical (unpaired) electrons. The van der Waals surface area contributed by atoms with Crippen LogP contribution >= 0.6 is 23.2 Å². The Labute approximate surface area is 147 Å². The molecule has 0 aromatic heterocycles. The minimum Gasteiger partial charge on any atom is -0.507 e. The third-order valence-corrected chi connectivity index (χ3v) is 3.49. The predicted octanol–water partition coefficient (Wildman–Crippen LogP) is 4.02. The monoisotopic (exact) mass is 371 g/mol. The smallest absolute Gasteiger partial charge is 0.342 e. The summed E-state index contributed by atoms with van der Waals surface area (Å²) < 4.78 is 18.6. The van der Waals surface area contributed by atoms with E-state index in [1.54, 1.807) is 0 Å². The van der Waals surface area contributed by atoms with Gasteiger partial charge in [0.2, 0.25) is 0 Å². The number of esters is 1. The molecule has 1 amide bonds. The van der Waals surface area contributed by atoms with E-state index >= 15 is 0 Å². The van der Waals surface area contributed by atoms with Gasteiger partial charge in [-0.1, -0.05) is 23.2 Å². The van der Waals surface area contributed by atoms with Crippen LogP contribution in [-0.4, -0.2) is 23.1 Å². The molecule has 0 aliphatic carbocycles. The fourth-order valence-electron chi connectivity index (χ4n) is 1.78. The van der Waals surface area contributed by atoms with Crippen molar-refractivity contribution < 1.29 is 23.8 Å². The van der Waals surface area contributed by atoms with E-state index in [1.807, 2.05) is 0 Å². The lowest BCUT2D eigenvalue weighted by molar-refractivity contribution is -0.123. The van der Waals surface area contributed by atoms with Gasteiger partial charge in [-0.05, 0) is 43.3 Å². The topological polar surface area (TPSA) is 75.6 Å². The number of carbonyl (C=O) groups is 2. The summed E-state index contributed by atoms with van der Waals surface area (Å²) in [4.78, 5) is 23.9. The molecule has 2 rings (SSSR count). The fourth-order valence-corrected chi connectivity index (χ4v) is 2.11. The maximum Gasteiger partial charge on any atom is 0.342 e. The van der Waals surface area contributed by atoms with E-state index in [0.29, 0.717) is 0 Å². The summed E-state index contributed by atoms with van der Waals surface area (Å²) in [6, 6.07) is 7.57. The van der Waals surface area contributed by atoms with Crippen molar-refractivity contribution >= 4 is 40.8 Å². The van der Waals surface area contributed by atoms with E-state index in [-0.39, 0.29) is 27.0 Å². The zero-order valence-electron chi connectivity index (χ0n) is 12.3. The summed E-state index contributed by atoms with van der Waals surface area (Å²) in [6.45, 7) is 1.31. The van der Waals surface area contributed by atoms with Crippen molar-refractivity contribution in [1.82, 2.24) is 0 Å². The number of hydrogen-bond donors (Lipinski definition) is 2. The average Bonchev–Trinajstić information content (AvgIpc) is 2.49. The van der Waals surface area contributed by atoms with Gasteiger partial charge in [-0.2, -0.15) is 0 Å². The molecule has 0 bridgehead atoms. The van der Waals surface area contributed by atoms with Crippen LogP contribution in [0.1, 0.15) is 17.3 Å². The van der Waals surface area contributed by atoms with Crippen molar-refractivity contribution in [2.24, 2.45) is 0 Å². The van der Waals surface area contributed by atoms with Crippen LogP contribution in [0, 0.1) is 5.82 Å². The number of rotatable bonds is 4. The minimum absolute atomic E-state index is 0.0957. The van der Waals surface area contributed by atoms with Crippen molar-refractivity contribution in [2.75, 3.05) is 5.32 Å². The molecular weight excluding hydrogens is 360 g/mol. The first-order valence-corrected chi connectivity index (χ1v) is 7.49. The number of phenols is 1. The number of anilines is 1. The van der Waals surface area contributed by atoms with Crippen molar-refractivity contribution in [3.63, 3.8) is 0 Å². The number of amides is 1. The zero-order valence-corrected chi connectivity index (χ0v) is 13.9. The molecule has 0 aliphatic rings. The number of ether oxygens (including phenoxy) is 1. The van der Waals surface area contributed by atoms with E-state index < -0.39 is 23.8 Å². The Morgan fingerprint density at radius 1 is 1.17 bits per heavy atom. The summed E-state index contributed by atoms with van der Waals surface area (Å²) in [5, 5.41) is 12.4. The van der Waals surface area contributed by atoms with Crippen LogP contribution in [0.2, 0.25) is 10.0 Å². The van der Waals surface area contributed by atoms with Crippen LogP contribution in [0.25, 0.3) is 0 Å². The molecule has 5 nitrogen and oxygen atoms in total. The third-order valence-electron chi connectivity index (χ3n) is 3.02. The lowest BCUT2D eigenvalue weighted by Gasteiger charge is -2.14. The largest absolute Gasteiger partial charge is 0.507 e. The van der Waals surface area contributed by atoms with Gasteiger partial charge < -0.3 is 15.2 Å². The van der Waals surface area contributed by atoms with E-state index in [9.17, 15) is 19.1 Å². The summed E-state index contributed by atoms with van der Waals surface area (Å²) >= 11 is 11.3. The lowest BCUT2D eigenvalue weighted by atomic mass is 10.2. The van der Waals surface area contributed by atoms with Crippen molar-refractivity contribution in [2.45, 2.75) is 13.0 Å². The number of aromatic hydroxyl groups is 1. The second-order valence-corrected chi connectivity index (χ2v) is 5.70. The quantitative estimate of drug-likeness (QED) is 0.795. The molecule has 0 unspecified atom stereocenters. The first-order chi connectivity index (χ1) is 11.3. The minimum atomic E-state index is -1.22. The number of phenolic OH excluding ortho intramolecular Hbond substituents is 1. The van der Waals surface area contributed by atoms with Crippen LogP contribution in [0.4, 0.5) is 10.1 Å². The predicted molar refractivity (Wildman–Crippen MR) is 88.0 cm³/mol. The number of hydrogen-bond acceptors (Lipinski definition) is 4. The molecule has 2 aromatic carbocycles. The van der Waals surface area contributed by atoms with Gasteiger partial charge in [0.1, 0.15) is 17.1 Å². The molecule has 2 aromatic rings. The van der Waals surface area contributed by atoms with Crippen LogP contribution in [0.15, 0.2) is 36.4 Å². The Morgan fingerprint density at radius 3 is 2.42 bits per heavy atom. The molecule has 126 valence electrons. The fraction of sp³-hybridized carbons (Fsp3) is 0.125. The summed E-state index contributed by atoms with van der Waals surface area (Å²) in [5.41, 5.74) is -0.238. The normalized spacial score (nSPS) is 11.7. The Kier molecular flexibility index (Phi) is 5.64. The summed E-state index contributed by atoms with van der Waals surface area (Å²) in [6.07, 6.45) is -1.22. The van der Waals surface area contributed by atoms with Gasteiger partial charge in [0.25, 0.3) is 5.91 Å². The van der Waals surface area contributed by atoms with Gasteiger partial charge >= 0.3 is 5.97 Å². The van der Waals surface area contributed by atoms with Gasteiger partial charge in [-0.15, -0.1) is 0 Å². The molecule has 1 atom stereocenters. The van der Waals surface area contributed by atoms with Crippen LogP contribution in [0.5, 0.6) is 5.75 Å². The van der Waals surface area contributed by atoms with Crippen LogP contribution < -0.4 is 5.32 Å².